The van der Waals surface area contributed by atoms with Crippen LogP contribution in [0, 0.1) is 0 Å². The van der Waals surface area contributed by atoms with E-state index in [-0.39, 0.29) is 29.1 Å². The Bertz CT molecular complexity index is 1590. The first-order valence-electron chi connectivity index (χ1n) is 13.4. The molecule has 0 fully saturated rings. The molecule has 0 saturated carbocycles. The van der Waals surface area contributed by atoms with Gasteiger partial charge in [-0.05, 0) is 69.7 Å². The first-order valence-corrected chi connectivity index (χ1v) is 13.4. The third-order valence-electron chi connectivity index (χ3n) is 7.20. The molecule has 43 heavy (non-hydrogen) atoms. The van der Waals surface area contributed by atoms with E-state index in [1.54, 1.807) is 27.0 Å². The molecule has 5 rings (SSSR count). The van der Waals surface area contributed by atoms with E-state index >= 15 is 0 Å². The second kappa shape index (κ2) is 11.4. The van der Waals surface area contributed by atoms with Gasteiger partial charge in [0.25, 0.3) is 0 Å². The number of aliphatic hydroxyl groups excluding tert-OH is 1. The molecule has 6 N–H and O–H groups in total. The highest BCUT2D eigenvalue weighted by Gasteiger charge is 2.36. The summed E-state index contributed by atoms with van der Waals surface area (Å²) in [5.74, 6) is -1.96. The van der Waals surface area contributed by atoms with Gasteiger partial charge in [-0.15, -0.1) is 0 Å². The number of ketones is 1. The Morgan fingerprint density at radius 3 is 2.19 bits per heavy atom. The van der Waals surface area contributed by atoms with Gasteiger partial charge in [-0.25, -0.2) is 4.79 Å². The number of fused-ring (bicyclic) bond motifs is 2. The smallest absolute Gasteiger partial charge is 0.335 e. The number of aromatic hydroxyl groups is 4. The maximum atomic E-state index is 13.1. The first kappa shape index (κ1) is 31.0. The van der Waals surface area contributed by atoms with Gasteiger partial charge < -0.3 is 44.8 Å². The van der Waals surface area contributed by atoms with Crippen LogP contribution in [0.15, 0.2) is 42.5 Å². The summed E-state index contributed by atoms with van der Waals surface area (Å²) in [6.07, 6.45) is 3.59. The monoisotopic (exact) mass is 594 g/mol. The number of carboxylic acids is 1. The van der Waals surface area contributed by atoms with Crippen LogP contribution in [-0.4, -0.2) is 66.8 Å². The number of benzene rings is 3. The molecule has 0 radical (unpaired) electrons. The van der Waals surface area contributed by atoms with E-state index in [2.05, 4.69) is 0 Å². The number of aromatic carboxylic acids is 1. The zero-order chi connectivity index (χ0) is 31.9. The highest BCUT2D eigenvalue weighted by molar-refractivity contribution is 6.01. The second-order valence-electron chi connectivity index (χ2n) is 11.4. The molecule has 0 bridgehead atoms. The summed E-state index contributed by atoms with van der Waals surface area (Å²) in [5, 5.41) is 55.8. The average Bonchev–Trinajstić information content (AvgIpc) is 2.91. The number of hydrogen-bond acceptors (Lipinski definition) is 10. The largest absolute Gasteiger partial charge is 0.507 e. The Balaban J connectivity index is 0.000000296. The van der Waals surface area contributed by atoms with Crippen LogP contribution < -0.4 is 14.2 Å². The summed E-state index contributed by atoms with van der Waals surface area (Å²) in [6, 6.07) is 8.41. The van der Waals surface area contributed by atoms with Crippen molar-refractivity contribution in [2.75, 3.05) is 7.11 Å². The molecule has 228 valence electrons. The number of carbonyl (C=O) groups excluding carboxylic acids is 1. The van der Waals surface area contributed by atoms with Crippen LogP contribution >= 0.6 is 0 Å². The maximum Gasteiger partial charge on any atom is 0.335 e. The fourth-order valence-electron chi connectivity index (χ4n) is 4.75. The van der Waals surface area contributed by atoms with Crippen molar-refractivity contribution in [2.45, 2.75) is 57.8 Å². The lowest BCUT2D eigenvalue weighted by Gasteiger charge is -2.37. The minimum Gasteiger partial charge on any atom is -0.507 e. The third-order valence-corrected chi connectivity index (χ3v) is 7.20. The van der Waals surface area contributed by atoms with Crippen molar-refractivity contribution in [3.05, 3.63) is 70.3 Å². The van der Waals surface area contributed by atoms with Gasteiger partial charge >= 0.3 is 5.97 Å². The molecule has 2 aliphatic rings. The fourth-order valence-corrected chi connectivity index (χ4v) is 4.75. The van der Waals surface area contributed by atoms with Crippen LogP contribution in [0.1, 0.15) is 65.1 Å². The van der Waals surface area contributed by atoms with Crippen molar-refractivity contribution in [1.82, 2.24) is 0 Å². The summed E-state index contributed by atoms with van der Waals surface area (Å²) >= 11 is 0. The van der Waals surface area contributed by atoms with E-state index in [0.29, 0.717) is 34.8 Å². The van der Waals surface area contributed by atoms with Crippen LogP contribution in [0.2, 0.25) is 0 Å². The number of methoxy groups -OCH3 is 1. The van der Waals surface area contributed by atoms with E-state index in [1.807, 2.05) is 38.1 Å². The summed E-state index contributed by atoms with van der Waals surface area (Å²) in [5.41, 5.74) is 0.930. The molecule has 3 aromatic carbocycles. The number of rotatable bonds is 5. The molecular formula is C32H34O11. The molecule has 0 aliphatic carbocycles. The lowest BCUT2D eigenvalue weighted by Crippen LogP contribution is -2.46. The van der Waals surface area contributed by atoms with Gasteiger partial charge in [0.2, 0.25) is 0 Å². The summed E-state index contributed by atoms with van der Waals surface area (Å²) in [7, 11) is 1.56. The number of ether oxygens (including phenoxy) is 3. The van der Waals surface area contributed by atoms with E-state index in [0.717, 1.165) is 17.7 Å². The molecule has 0 aromatic heterocycles. The molecule has 2 heterocycles. The predicted octanol–water partition coefficient (Wildman–Crippen LogP) is 4.59. The highest BCUT2D eigenvalue weighted by Crippen LogP contribution is 2.41. The van der Waals surface area contributed by atoms with Crippen molar-refractivity contribution in [3.63, 3.8) is 0 Å². The molecule has 0 spiro atoms. The van der Waals surface area contributed by atoms with Crippen molar-refractivity contribution in [2.24, 2.45) is 0 Å². The molecule has 0 saturated heterocycles. The Morgan fingerprint density at radius 1 is 0.930 bits per heavy atom. The van der Waals surface area contributed by atoms with E-state index < -0.39 is 40.5 Å². The van der Waals surface area contributed by atoms with Gasteiger partial charge in [0.05, 0.1) is 29.9 Å². The Kier molecular flexibility index (Phi) is 8.24. The predicted molar refractivity (Wildman–Crippen MR) is 156 cm³/mol. The molecule has 2 aliphatic heterocycles. The molecular weight excluding hydrogens is 560 g/mol. The molecule has 11 heteroatoms. The van der Waals surface area contributed by atoms with Crippen molar-refractivity contribution < 1.29 is 54.4 Å². The van der Waals surface area contributed by atoms with Crippen molar-refractivity contribution in [3.8, 4) is 40.2 Å². The summed E-state index contributed by atoms with van der Waals surface area (Å²) in [4.78, 5) is 23.4. The average molecular weight is 595 g/mol. The van der Waals surface area contributed by atoms with E-state index in [9.17, 15) is 19.8 Å². The SMILES string of the molecule is COc1c(CC(=O)c2cc3c(cc2O)OC(C)(C)C(O)C3)ccc2c1C=CC(C)(C)O2.O=C(O)c1cc(O)c(O)c(O)c1. The van der Waals surface area contributed by atoms with Gasteiger partial charge in [0.15, 0.2) is 23.0 Å². The zero-order valence-corrected chi connectivity index (χ0v) is 24.3. The third kappa shape index (κ3) is 6.46. The number of phenols is 4. The van der Waals surface area contributed by atoms with Crippen LogP contribution in [0.5, 0.6) is 40.2 Å². The quantitative estimate of drug-likeness (QED) is 0.179. The maximum absolute atomic E-state index is 13.1. The number of carbonyl (C=O) groups is 2. The van der Waals surface area contributed by atoms with Gasteiger partial charge in [0.1, 0.15) is 34.2 Å². The van der Waals surface area contributed by atoms with Gasteiger partial charge in [-0.3, -0.25) is 4.79 Å². The van der Waals surface area contributed by atoms with Crippen LogP contribution in [0.4, 0.5) is 0 Å². The zero-order valence-electron chi connectivity index (χ0n) is 24.3. The van der Waals surface area contributed by atoms with Crippen LogP contribution in [-0.2, 0) is 12.8 Å². The molecule has 3 aromatic rings. The molecule has 1 unspecified atom stereocenters. The molecule has 0 amide bonds. The number of aliphatic hydroxyl groups is 1. The first-order chi connectivity index (χ1) is 20.0. The van der Waals surface area contributed by atoms with Crippen molar-refractivity contribution >= 4 is 17.8 Å². The van der Waals surface area contributed by atoms with E-state index in [4.69, 9.17) is 34.6 Å². The topological polar surface area (TPSA) is 183 Å². The van der Waals surface area contributed by atoms with E-state index in [1.165, 1.54) is 6.07 Å². The normalized spacial score (nSPS) is 17.2. The summed E-state index contributed by atoms with van der Waals surface area (Å²) in [6.45, 7) is 7.52. The number of Topliss-reactive ketones (excluding diaryl/α,β-unsaturated/α-hetero) is 1. The number of carboxylic acid groups (broad SMARTS) is 1. The minimum atomic E-state index is -1.29. The Hall–Kier alpha value is -4.90. The lowest BCUT2D eigenvalue weighted by molar-refractivity contribution is -0.0412. The number of hydrogen-bond donors (Lipinski definition) is 6. The molecule has 11 nitrogen and oxygen atoms in total. The minimum absolute atomic E-state index is 0.0505. The Labute approximate surface area is 247 Å². The fraction of sp³-hybridized carbons (Fsp3) is 0.312. The van der Waals surface area contributed by atoms with Gasteiger partial charge in [-0.1, -0.05) is 6.07 Å². The van der Waals surface area contributed by atoms with Crippen LogP contribution in [0.3, 0.4) is 0 Å². The molecule has 1 atom stereocenters. The second-order valence-corrected chi connectivity index (χ2v) is 11.4. The highest BCUT2D eigenvalue weighted by atomic mass is 16.5. The summed E-state index contributed by atoms with van der Waals surface area (Å²) < 4.78 is 17.4. The van der Waals surface area contributed by atoms with Gasteiger partial charge in [-0.2, -0.15) is 0 Å². The number of phenolic OH excluding ortho intramolecular Hbond substituents is 4. The lowest BCUT2D eigenvalue weighted by atomic mass is 9.89. The standard InChI is InChI=1S/C25H28O6.C7H6O5/c1-24(2)9-8-16-20(30-24)7-6-14(23(16)29-5)11-18(26)17-10-15-12-22(28)25(3,4)31-21(15)13-19(17)27;8-4-1-3(7(11)12)2-5(9)6(4)10/h6-10,13,22,27-28H,11-12H2,1-5H3;1-2,8-10H,(H,11,12). The van der Waals surface area contributed by atoms with Crippen molar-refractivity contribution in [1.29, 1.82) is 0 Å². The Morgan fingerprint density at radius 2 is 1.58 bits per heavy atom. The van der Waals surface area contributed by atoms with Gasteiger partial charge in [0, 0.05) is 24.5 Å². The van der Waals surface area contributed by atoms with Crippen LogP contribution in [0.25, 0.3) is 6.08 Å².